The number of carbonyl (C=O) groups is 2. The molecule has 1 aliphatic carbocycles. The maximum atomic E-state index is 12.5. The Labute approximate surface area is 170 Å². The van der Waals surface area contributed by atoms with E-state index in [1.54, 1.807) is 6.92 Å². The van der Waals surface area contributed by atoms with Gasteiger partial charge in [0.15, 0.2) is 6.61 Å². The Morgan fingerprint density at radius 3 is 2.64 bits per heavy atom. The number of benzene rings is 1. The molecule has 0 unspecified atom stereocenters. The van der Waals surface area contributed by atoms with Gasteiger partial charge in [-0.15, -0.1) is 11.3 Å². The zero-order chi connectivity index (χ0) is 20.3. The van der Waals surface area contributed by atoms with Crippen LogP contribution in [0.4, 0.5) is 5.00 Å². The Morgan fingerprint density at radius 2 is 1.96 bits per heavy atom. The van der Waals surface area contributed by atoms with Gasteiger partial charge in [-0.05, 0) is 62.6 Å². The highest BCUT2D eigenvalue weighted by molar-refractivity contribution is 7.17. The molecule has 1 aromatic heterocycles. The molecule has 0 radical (unpaired) electrons. The molecule has 0 saturated heterocycles. The Balaban J connectivity index is 1.77. The quantitative estimate of drug-likeness (QED) is 0.714. The lowest BCUT2D eigenvalue weighted by atomic mass is 9.88. The highest BCUT2D eigenvalue weighted by Gasteiger charge is 2.29. The van der Waals surface area contributed by atoms with Crippen molar-refractivity contribution in [3.63, 3.8) is 0 Å². The van der Waals surface area contributed by atoms with Crippen molar-refractivity contribution in [2.45, 2.75) is 47.0 Å². The minimum atomic E-state index is -0.361. The lowest BCUT2D eigenvalue weighted by molar-refractivity contribution is -0.118. The van der Waals surface area contributed by atoms with Crippen molar-refractivity contribution in [2.24, 2.45) is 5.92 Å². The van der Waals surface area contributed by atoms with Crippen molar-refractivity contribution < 1.29 is 19.1 Å². The van der Waals surface area contributed by atoms with Gasteiger partial charge in [0.2, 0.25) is 0 Å². The average molecular weight is 402 g/mol. The molecule has 0 bridgehead atoms. The molecule has 2 aromatic rings. The van der Waals surface area contributed by atoms with Crippen LogP contribution in [-0.4, -0.2) is 25.1 Å². The van der Waals surface area contributed by atoms with E-state index >= 15 is 0 Å². The first-order valence-corrected chi connectivity index (χ1v) is 10.5. The lowest BCUT2D eigenvalue weighted by Crippen LogP contribution is -2.22. The number of thiophene rings is 1. The number of hydrogen-bond acceptors (Lipinski definition) is 5. The van der Waals surface area contributed by atoms with Crippen molar-refractivity contribution in [2.75, 3.05) is 18.5 Å². The van der Waals surface area contributed by atoms with E-state index < -0.39 is 0 Å². The fourth-order valence-electron chi connectivity index (χ4n) is 3.59. The molecule has 1 amide bonds. The predicted molar refractivity (Wildman–Crippen MR) is 112 cm³/mol. The van der Waals surface area contributed by atoms with Crippen LogP contribution < -0.4 is 10.1 Å². The fraction of sp³-hybridized carbons (Fsp3) is 0.455. The van der Waals surface area contributed by atoms with Crippen LogP contribution in [0.3, 0.4) is 0 Å². The topological polar surface area (TPSA) is 64.6 Å². The molecule has 150 valence electrons. The van der Waals surface area contributed by atoms with E-state index in [1.807, 2.05) is 32.0 Å². The minimum Gasteiger partial charge on any atom is -0.483 e. The average Bonchev–Trinajstić information content (AvgIpc) is 2.98. The van der Waals surface area contributed by atoms with E-state index in [9.17, 15) is 9.59 Å². The van der Waals surface area contributed by atoms with Crippen LogP contribution in [-0.2, 0) is 22.4 Å². The number of esters is 1. The summed E-state index contributed by atoms with van der Waals surface area (Å²) in [6.45, 7) is 8.11. The van der Waals surface area contributed by atoms with Gasteiger partial charge in [-0.1, -0.05) is 25.1 Å². The molecule has 1 aromatic carbocycles. The second kappa shape index (κ2) is 8.78. The Bertz CT molecular complexity index is 867. The number of carbonyl (C=O) groups excluding carboxylic acids is 2. The third-order valence-corrected chi connectivity index (χ3v) is 6.17. The van der Waals surface area contributed by atoms with Gasteiger partial charge < -0.3 is 14.8 Å². The fourth-order valence-corrected chi connectivity index (χ4v) is 5.00. The highest BCUT2D eigenvalue weighted by atomic mass is 32.1. The maximum Gasteiger partial charge on any atom is 0.341 e. The summed E-state index contributed by atoms with van der Waals surface area (Å²) in [6, 6.07) is 5.86. The molecule has 1 atom stereocenters. The van der Waals surface area contributed by atoms with Gasteiger partial charge in [-0.25, -0.2) is 4.79 Å². The van der Waals surface area contributed by atoms with Crippen LogP contribution in [0.5, 0.6) is 5.75 Å². The molecule has 1 heterocycles. The van der Waals surface area contributed by atoms with Crippen LogP contribution >= 0.6 is 11.3 Å². The molecule has 1 N–H and O–H groups in total. The predicted octanol–water partition coefficient (Wildman–Crippen LogP) is 4.68. The Morgan fingerprint density at radius 1 is 1.25 bits per heavy atom. The zero-order valence-corrected chi connectivity index (χ0v) is 17.7. The van der Waals surface area contributed by atoms with Crippen LogP contribution in [0.1, 0.15) is 52.2 Å². The number of aryl methyl sites for hydroxylation is 2. The maximum absolute atomic E-state index is 12.5. The number of anilines is 1. The second-order valence-corrected chi connectivity index (χ2v) is 8.44. The molecule has 1 aliphatic rings. The van der Waals surface area contributed by atoms with E-state index in [4.69, 9.17) is 9.47 Å². The summed E-state index contributed by atoms with van der Waals surface area (Å²) in [7, 11) is 0. The standard InChI is InChI=1S/C22H27NO4S/c1-5-26-22(25)19-16-10-9-13(2)11-17(16)28-21(19)23-18(24)12-27-20-14(3)7-6-8-15(20)4/h6-8,13H,5,9-12H2,1-4H3,(H,23,24)/t13-/m1/s1. The SMILES string of the molecule is CCOC(=O)c1c(NC(=O)COc2c(C)cccc2C)sc2c1CC[C@@H](C)C2. The molecular formula is C22H27NO4S. The zero-order valence-electron chi connectivity index (χ0n) is 16.9. The summed E-state index contributed by atoms with van der Waals surface area (Å²) in [5.74, 6) is 0.667. The smallest absolute Gasteiger partial charge is 0.341 e. The summed E-state index contributed by atoms with van der Waals surface area (Å²) < 4.78 is 11.0. The van der Waals surface area contributed by atoms with Crippen LogP contribution in [0.25, 0.3) is 0 Å². The van der Waals surface area contributed by atoms with Crippen molar-refractivity contribution in [1.82, 2.24) is 0 Å². The summed E-state index contributed by atoms with van der Waals surface area (Å²) in [5, 5.41) is 3.46. The minimum absolute atomic E-state index is 0.104. The van der Waals surface area contributed by atoms with Gasteiger partial charge >= 0.3 is 5.97 Å². The monoisotopic (exact) mass is 401 g/mol. The normalized spacial score (nSPS) is 15.6. The molecule has 6 heteroatoms. The van der Waals surface area contributed by atoms with Crippen LogP contribution in [0.15, 0.2) is 18.2 Å². The van der Waals surface area contributed by atoms with Crippen LogP contribution in [0.2, 0.25) is 0 Å². The van der Waals surface area contributed by atoms with Gasteiger partial charge in [0.05, 0.1) is 12.2 Å². The Kier molecular flexibility index (Phi) is 6.39. The summed E-state index contributed by atoms with van der Waals surface area (Å²) in [6.07, 6.45) is 2.82. The molecule has 0 fully saturated rings. The number of fused-ring (bicyclic) bond motifs is 1. The third kappa shape index (κ3) is 4.38. The molecule has 28 heavy (non-hydrogen) atoms. The van der Waals surface area contributed by atoms with E-state index in [0.29, 0.717) is 23.1 Å². The lowest BCUT2D eigenvalue weighted by Gasteiger charge is -2.18. The first kappa shape index (κ1) is 20.4. The largest absolute Gasteiger partial charge is 0.483 e. The van der Waals surface area contributed by atoms with Crippen molar-refractivity contribution in [1.29, 1.82) is 0 Å². The molecule has 3 rings (SSSR count). The van der Waals surface area contributed by atoms with Gasteiger partial charge in [-0.3, -0.25) is 4.79 Å². The number of ether oxygens (including phenoxy) is 2. The summed E-state index contributed by atoms with van der Waals surface area (Å²) >= 11 is 1.49. The van der Waals surface area contributed by atoms with E-state index in [0.717, 1.165) is 41.7 Å². The van der Waals surface area contributed by atoms with Crippen molar-refractivity contribution in [3.05, 3.63) is 45.3 Å². The first-order chi connectivity index (χ1) is 13.4. The molecule has 0 saturated carbocycles. The van der Waals surface area contributed by atoms with Crippen LogP contribution in [0, 0.1) is 19.8 Å². The number of hydrogen-bond donors (Lipinski definition) is 1. The number of nitrogens with one attached hydrogen (secondary N) is 1. The third-order valence-electron chi connectivity index (χ3n) is 5.00. The molecule has 0 spiro atoms. The number of rotatable bonds is 6. The van der Waals surface area contributed by atoms with Gasteiger partial charge in [0, 0.05) is 4.88 Å². The highest BCUT2D eigenvalue weighted by Crippen LogP contribution is 2.40. The Hall–Kier alpha value is -2.34. The molecule has 0 aliphatic heterocycles. The van der Waals surface area contributed by atoms with Crippen molar-refractivity contribution >= 4 is 28.2 Å². The van der Waals surface area contributed by atoms with Gasteiger partial charge in [0.1, 0.15) is 10.8 Å². The molecule has 5 nitrogen and oxygen atoms in total. The number of para-hydroxylation sites is 1. The van der Waals surface area contributed by atoms with E-state index in [2.05, 4.69) is 12.2 Å². The summed E-state index contributed by atoms with van der Waals surface area (Å²) in [5.41, 5.74) is 3.53. The number of amides is 1. The first-order valence-electron chi connectivity index (χ1n) is 9.71. The summed E-state index contributed by atoms with van der Waals surface area (Å²) in [4.78, 5) is 26.2. The van der Waals surface area contributed by atoms with Gasteiger partial charge in [-0.2, -0.15) is 0 Å². The van der Waals surface area contributed by atoms with Crippen molar-refractivity contribution in [3.8, 4) is 5.75 Å². The van der Waals surface area contributed by atoms with E-state index in [-0.39, 0.29) is 18.5 Å². The molecular weight excluding hydrogens is 374 g/mol. The second-order valence-electron chi connectivity index (χ2n) is 7.33. The van der Waals surface area contributed by atoms with Gasteiger partial charge in [0.25, 0.3) is 5.91 Å². The van der Waals surface area contributed by atoms with E-state index in [1.165, 1.54) is 16.2 Å².